The van der Waals surface area contributed by atoms with E-state index in [9.17, 15) is 8.42 Å². The highest BCUT2D eigenvalue weighted by atomic mass is 32.2. The molecule has 0 aliphatic heterocycles. The molecule has 0 aromatic rings. The summed E-state index contributed by atoms with van der Waals surface area (Å²) in [5, 5.41) is 3.46. The van der Waals surface area contributed by atoms with Crippen LogP contribution >= 0.6 is 0 Å². The van der Waals surface area contributed by atoms with E-state index in [1.54, 1.807) is 0 Å². The van der Waals surface area contributed by atoms with E-state index >= 15 is 0 Å². The van der Waals surface area contributed by atoms with Gasteiger partial charge in [-0.05, 0) is 12.0 Å². The summed E-state index contributed by atoms with van der Waals surface area (Å²) in [5.74, 6) is 0. The lowest BCUT2D eigenvalue weighted by molar-refractivity contribution is 0.286. The van der Waals surface area contributed by atoms with Crippen LogP contribution in [0.2, 0.25) is 0 Å². The molecule has 0 rings (SSSR count). The van der Waals surface area contributed by atoms with Gasteiger partial charge in [-0.3, -0.25) is 4.18 Å². The van der Waals surface area contributed by atoms with Crippen molar-refractivity contribution in [3.05, 3.63) is 10.4 Å². The van der Waals surface area contributed by atoms with Gasteiger partial charge in [0.1, 0.15) is 0 Å². The summed E-state index contributed by atoms with van der Waals surface area (Å²) in [7, 11) is -3.45. The Kier molecular flexibility index (Phi) is 6.27. The van der Waals surface area contributed by atoms with Crippen molar-refractivity contribution in [2.45, 2.75) is 32.2 Å². The van der Waals surface area contributed by atoms with Crippen molar-refractivity contribution in [3.63, 3.8) is 0 Å². The maximum absolute atomic E-state index is 10.7. The van der Waals surface area contributed by atoms with Crippen LogP contribution in [0.5, 0.6) is 0 Å². The Labute approximate surface area is 84.0 Å². The molecule has 0 saturated heterocycles. The van der Waals surface area contributed by atoms with Crippen molar-refractivity contribution in [3.8, 4) is 0 Å². The monoisotopic (exact) mass is 221 g/mol. The van der Waals surface area contributed by atoms with Crippen molar-refractivity contribution in [2.75, 3.05) is 12.9 Å². The fourth-order valence-electron chi connectivity index (χ4n) is 0.889. The maximum atomic E-state index is 10.7. The van der Waals surface area contributed by atoms with Crippen LogP contribution in [-0.2, 0) is 14.3 Å². The van der Waals surface area contributed by atoms with Gasteiger partial charge in [0.25, 0.3) is 10.1 Å². The molecule has 82 valence electrons. The SMILES string of the molecule is CCCCC(COS(C)(=O)=O)N=[N+]=[N-]. The van der Waals surface area contributed by atoms with Crippen LogP contribution in [0.4, 0.5) is 0 Å². The summed E-state index contributed by atoms with van der Waals surface area (Å²) in [5.41, 5.74) is 8.22. The lowest BCUT2D eigenvalue weighted by atomic mass is 10.1. The van der Waals surface area contributed by atoms with E-state index < -0.39 is 16.2 Å². The van der Waals surface area contributed by atoms with Crippen LogP contribution in [-0.4, -0.2) is 27.3 Å². The lowest BCUT2D eigenvalue weighted by Crippen LogP contribution is -2.16. The molecular formula is C7H15N3O3S. The molecule has 14 heavy (non-hydrogen) atoms. The van der Waals surface area contributed by atoms with Crippen LogP contribution in [0.3, 0.4) is 0 Å². The highest BCUT2D eigenvalue weighted by Crippen LogP contribution is 2.06. The van der Waals surface area contributed by atoms with Crippen LogP contribution in [0.15, 0.2) is 5.11 Å². The molecule has 0 heterocycles. The van der Waals surface area contributed by atoms with Crippen LogP contribution in [0.1, 0.15) is 26.2 Å². The van der Waals surface area contributed by atoms with Gasteiger partial charge < -0.3 is 0 Å². The number of rotatable bonds is 7. The molecule has 0 aromatic carbocycles. The lowest BCUT2D eigenvalue weighted by Gasteiger charge is -2.08. The van der Waals surface area contributed by atoms with Crippen molar-refractivity contribution >= 4 is 10.1 Å². The van der Waals surface area contributed by atoms with E-state index in [0.717, 1.165) is 19.1 Å². The minimum absolute atomic E-state index is 0.0666. The molecule has 0 radical (unpaired) electrons. The molecule has 1 unspecified atom stereocenters. The second-order valence-electron chi connectivity index (χ2n) is 2.99. The molecule has 0 saturated carbocycles. The predicted molar refractivity (Wildman–Crippen MR) is 53.3 cm³/mol. The second-order valence-corrected chi connectivity index (χ2v) is 4.63. The Bertz CT molecular complexity index is 295. The molecule has 0 spiro atoms. The quantitative estimate of drug-likeness (QED) is 0.284. The van der Waals surface area contributed by atoms with Crippen LogP contribution < -0.4 is 0 Å². The van der Waals surface area contributed by atoms with Gasteiger partial charge in [0.15, 0.2) is 0 Å². The molecule has 1 atom stereocenters. The molecule has 0 N–H and O–H groups in total. The Hall–Kier alpha value is -0.780. The minimum Gasteiger partial charge on any atom is -0.270 e. The first-order chi connectivity index (χ1) is 6.49. The molecular weight excluding hydrogens is 206 g/mol. The smallest absolute Gasteiger partial charge is 0.264 e. The number of hydrogen-bond acceptors (Lipinski definition) is 4. The second kappa shape index (κ2) is 6.64. The largest absolute Gasteiger partial charge is 0.270 e. The maximum Gasteiger partial charge on any atom is 0.264 e. The zero-order valence-electron chi connectivity index (χ0n) is 8.38. The van der Waals surface area contributed by atoms with Crippen molar-refractivity contribution < 1.29 is 12.6 Å². The fraction of sp³-hybridized carbons (Fsp3) is 1.00. The summed E-state index contributed by atoms with van der Waals surface area (Å²) in [4.78, 5) is 2.64. The Morgan fingerprint density at radius 2 is 2.21 bits per heavy atom. The van der Waals surface area contributed by atoms with Gasteiger partial charge in [-0.15, -0.1) is 0 Å². The normalized spacial score (nSPS) is 13.3. The minimum atomic E-state index is -3.45. The Morgan fingerprint density at radius 3 is 2.64 bits per heavy atom. The zero-order valence-corrected chi connectivity index (χ0v) is 9.20. The third-order valence-corrected chi connectivity index (χ3v) is 2.14. The van der Waals surface area contributed by atoms with Gasteiger partial charge in [-0.2, -0.15) is 8.42 Å². The summed E-state index contributed by atoms with van der Waals surface area (Å²) in [6.45, 7) is 1.94. The first-order valence-corrected chi connectivity index (χ1v) is 6.20. The van der Waals surface area contributed by atoms with Gasteiger partial charge in [-0.1, -0.05) is 24.9 Å². The molecule has 0 amide bonds. The molecule has 0 aliphatic carbocycles. The van der Waals surface area contributed by atoms with Gasteiger partial charge >= 0.3 is 0 Å². The van der Waals surface area contributed by atoms with Crippen LogP contribution in [0, 0.1) is 0 Å². The topological polar surface area (TPSA) is 92.1 Å². The average molecular weight is 221 g/mol. The van der Waals surface area contributed by atoms with E-state index in [1.807, 2.05) is 6.92 Å². The average Bonchev–Trinajstić information content (AvgIpc) is 2.08. The molecule has 0 bridgehead atoms. The number of azide groups is 1. The highest BCUT2D eigenvalue weighted by Gasteiger charge is 2.10. The summed E-state index contributed by atoms with van der Waals surface area (Å²) in [6, 6.07) is -0.394. The molecule has 6 nitrogen and oxygen atoms in total. The molecule has 7 heteroatoms. The predicted octanol–water partition coefficient (Wildman–Crippen LogP) is 1.83. The molecule has 0 aliphatic rings. The van der Waals surface area contributed by atoms with Crippen molar-refractivity contribution in [2.24, 2.45) is 5.11 Å². The zero-order chi connectivity index (χ0) is 11.0. The fourth-order valence-corrected chi connectivity index (χ4v) is 1.29. The Balaban J connectivity index is 4.03. The van der Waals surface area contributed by atoms with E-state index in [0.29, 0.717) is 6.42 Å². The van der Waals surface area contributed by atoms with E-state index in [-0.39, 0.29) is 6.61 Å². The number of unbranched alkanes of at least 4 members (excludes halogenated alkanes) is 1. The van der Waals surface area contributed by atoms with Gasteiger partial charge in [0, 0.05) is 4.91 Å². The Morgan fingerprint density at radius 1 is 1.57 bits per heavy atom. The first kappa shape index (κ1) is 13.2. The third kappa shape index (κ3) is 7.85. The van der Waals surface area contributed by atoms with Gasteiger partial charge in [0.2, 0.25) is 0 Å². The van der Waals surface area contributed by atoms with Gasteiger partial charge in [0.05, 0.1) is 18.9 Å². The first-order valence-electron chi connectivity index (χ1n) is 4.38. The van der Waals surface area contributed by atoms with Crippen molar-refractivity contribution in [1.29, 1.82) is 0 Å². The summed E-state index contributed by atoms with van der Waals surface area (Å²) < 4.78 is 25.9. The van der Waals surface area contributed by atoms with Crippen LogP contribution in [0.25, 0.3) is 10.4 Å². The number of nitrogens with zero attached hydrogens (tertiary/aromatic N) is 3. The van der Waals surface area contributed by atoms with Crippen molar-refractivity contribution in [1.82, 2.24) is 0 Å². The molecule has 0 fully saturated rings. The highest BCUT2D eigenvalue weighted by molar-refractivity contribution is 7.85. The molecule has 0 aromatic heterocycles. The van der Waals surface area contributed by atoms with E-state index in [4.69, 9.17) is 5.53 Å². The van der Waals surface area contributed by atoms with E-state index in [1.165, 1.54) is 0 Å². The summed E-state index contributed by atoms with van der Waals surface area (Å²) in [6.07, 6.45) is 3.48. The summed E-state index contributed by atoms with van der Waals surface area (Å²) >= 11 is 0. The third-order valence-electron chi connectivity index (χ3n) is 1.58. The van der Waals surface area contributed by atoms with Gasteiger partial charge in [-0.25, -0.2) is 0 Å². The number of hydrogen-bond donors (Lipinski definition) is 0. The standard InChI is InChI=1S/C7H15N3O3S/c1-3-4-5-7(9-10-8)6-13-14(2,11)12/h7H,3-6H2,1-2H3. The van der Waals surface area contributed by atoms with E-state index in [2.05, 4.69) is 14.2 Å².